The molecular formula is C14H16N2O4S. The maximum atomic E-state index is 11.6. The van der Waals surface area contributed by atoms with E-state index >= 15 is 0 Å². The molecule has 0 saturated heterocycles. The average Bonchev–Trinajstić information content (AvgIpc) is 2.82. The lowest BCUT2D eigenvalue weighted by Gasteiger charge is -2.07. The number of hydrogen-bond acceptors (Lipinski definition) is 6. The van der Waals surface area contributed by atoms with Gasteiger partial charge in [0.05, 0.1) is 23.9 Å². The van der Waals surface area contributed by atoms with Crippen LogP contribution in [0.25, 0.3) is 10.2 Å². The minimum Gasteiger partial charge on any atom is -0.496 e. The summed E-state index contributed by atoms with van der Waals surface area (Å²) in [6, 6.07) is 1.89. The van der Waals surface area contributed by atoms with Crippen molar-refractivity contribution in [3.05, 3.63) is 17.2 Å². The predicted octanol–water partition coefficient (Wildman–Crippen LogP) is 2.42. The Morgan fingerprint density at radius 1 is 1.38 bits per heavy atom. The number of nitrogens with zero attached hydrogens (tertiary/aromatic N) is 1. The molecule has 21 heavy (non-hydrogen) atoms. The van der Waals surface area contributed by atoms with Crippen LogP contribution in [0.15, 0.2) is 6.07 Å². The van der Waals surface area contributed by atoms with Crippen LogP contribution < -0.4 is 10.1 Å². The first-order valence-electron chi connectivity index (χ1n) is 6.40. The molecular weight excluding hydrogens is 292 g/mol. The topological polar surface area (TPSA) is 77.5 Å². The zero-order valence-electron chi connectivity index (χ0n) is 12.3. The molecule has 1 N–H and O–H groups in total. The molecule has 7 heteroatoms. The van der Waals surface area contributed by atoms with Crippen molar-refractivity contribution in [1.82, 2.24) is 4.98 Å². The van der Waals surface area contributed by atoms with Crippen LogP contribution in [-0.4, -0.2) is 30.6 Å². The lowest BCUT2D eigenvalue weighted by atomic mass is 10.1. The van der Waals surface area contributed by atoms with Crippen LogP contribution in [0.3, 0.4) is 0 Å². The van der Waals surface area contributed by atoms with Gasteiger partial charge in [-0.15, -0.1) is 0 Å². The third-order valence-electron chi connectivity index (χ3n) is 2.93. The number of methoxy groups -OCH3 is 1. The quantitative estimate of drug-likeness (QED) is 0.696. The number of carbonyl (C=O) groups excluding carboxylic acids is 2. The molecule has 0 unspecified atom stereocenters. The van der Waals surface area contributed by atoms with E-state index in [9.17, 15) is 9.59 Å². The lowest BCUT2D eigenvalue weighted by Crippen LogP contribution is -2.24. The third-order valence-corrected chi connectivity index (χ3v) is 4.04. The van der Waals surface area contributed by atoms with Crippen LogP contribution >= 0.6 is 11.3 Å². The number of anilines is 1. The van der Waals surface area contributed by atoms with Gasteiger partial charge in [0, 0.05) is 5.56 Å². The molecule has 1 amide bonds. The Bertz CT molecular complexity index is 709. The fourth-order valence-corrected chi connectivity index (χ4v) is 3.02. The molecule has 1 aromatic carbocycles. The second-order valence-electron chi connectivity index (χ2n) is 4.39. The summed E-state index contributed by atoms with van der Waals surface area (Å²) in [4.78, 5) is 27.2. The second kappa shape index (κ2) is 6.09. The molecule has 0 bridgehead atoms. The number of rotatable bonds is 3. The SMILES string of the molecule is CCOC(=O)C(=O)Nc1nc2cc(C)c(OC)c(C)c2s1. The van der Waals surface area contributed by atoms with Gasteiger partial charge in [-0.1, -0.05) is 11.3 Å². The van der Waals surface area contributed by atoms with Crippen molar-refractivity contribution in [3.8, 4) is 5.75 Å². The number of aromatic nitrogens is 1. The minimum atomic E-state index is -0.915. The monoisotopic (exact) mass is 308 g/mol. The Hall–Kier alpha value is -2.15. The number of thiazole rings is 1. The fourth-order valence-electron chi connectivity index (χ4n) is 2.08. The molecule has 6 nitrogen and oxygen atoms in total. The van der Waals surface area contributed by atoms with E-state index in [1.165, 1.54) is 11.3 Å². The molecule has 0 saturated carbocycles. The summed E-state index contributed by atoms with van der Waals surface area (Å²) in [7, 11) is 1.62. The summed E-state index contributed by atoms with van der Waals surface area (Å²) in [5.74, 6) is -0.936. The first kappa shape index (κ1) is 15.2. The van der Waals surface area contributed by atoms with Crippen LogP contribution in [0.4, 0.5) is 5.13 Å². The molecule has 0 aliphatic heterocycles. The largest absolute Gasteiger partial charge is 0.496 e. The average molecular weight is 308 g/mol. The van der Waals surface area contributed by atoms with Crippen molar-refractivity contribution in [2.24, 2.45) is 0 Å². The molecule has 2 aromatic rings. The first-order chi connectivity index (χ1) is 9.97. The smallest absolute Gasteiger partial charge is 0.397 e. The number of carbonyl (C=O) groups is 2. The van der Waals surface area contributed by atoms with Gasteiger partial charge in [0.15, 0.2) is 5.13 Å². The van der Waals surface area contributed by atoms with Crippen molar-refractivity contribution >= 4 is 38.6 Å². The molecule has 0 aliphatic carbocycles. The van der Waals surface area contributed by atoms with Crippen molar-refractivity contribution in [3.63, 3.8) is 0 Å². The molecule has 112 valence electrons. The summed E-state index contributed by atoms with van der Waals surface area (Å²) < 4.78 is 10.9. The molecule has 0 spiro atoms. The number of esters is 1. The lowest BCUT2D eigenvalue weighted by molar-refractivity contribution is -0.152. The highest BCUT2D eigenvalue weighted by Crippen LogP contribution is 2.36. The number of amides is 1. The Balaban J connectivity index is 2.33. The predicted molar refractivity (Wildman–Crippen MR) is 80.9 cm³/mol. The van der Waals surface area contributed by atoms with E-state index in [2.05, 4.69) is 15.0 Å². The van der Waals surface area contributed by atoms with Crippen LogP contribution in [0.1, 0.15) is 18.1 Å². The fraction of sp³-hybridized carbons (Fsp3) is 0.357. The van der Waals surface area contributed by atoms with E-state index in [0.717, 1.165) is 27.1 Å². The zero-order chi connectivity index (χ0) is 15.6. The Morgan fingerprint density at radius 3 is 2.71 bits per heavy atom. The Morgan fingerprint density at radius 2 is 2.10 bits per heavy atom. The van der Waals surface area contributed by atoms with Gasteiger partial charge in [0.2, 0.25) is 0 Å². The molecule has 1 heterocycles. The van der Waals surface area contributed by atoms with E-state index in [-0.39, 0.29) is 6.61 Å². The molecule has 0 atom stereocenters. The molecule has 0 radical (unpaired) electrons. The molecule has 0 fully saturated rings. The zero-order valence-corrected chi connectivity index (χ0v) is 13.1. The Kier molecular flexibility index (Phi) is 4.42. The van der Waals surface area contributed by atoms with E-state index in [4.69, 9.17) is 4.74 Å². The van der Waals surface area contributed by atoms with Crippen molar-refractivity contribution < 1.29 is 19.1 Å². The number of nitrogens with one attached hydrogen (secondary N) is 1. The number of fused-ring (bicyclic) bond motifs is 1. The third kappa shape index (κ3) is 2.97. The summed E-state index contributed by atoms with van der Waals surface area (Å²) in [6.07, 6.45) is 0. The summed E-state index contributed by atoms with van der Waals surface area (Å²) in [5.41, 5.74) is 2.69. The highest BCUT2D eigenvalue weighted by atomic mass is 32.1. The molecule has 0 aliphatic rings. The van der Waals surface area contributed by atoms with E-state index < -0.39 is 11.9 Å². The van der Waals surface area contributed by atoms with Crippen LogP contribution in [0.2, 0.25) is 0 Å². The normalized spacial score (nSPS) is 10.5. The van der Waals surface area contributed by atoms with Crippen LogP contribution in [0, 0.1) is 13.8 Å². The minimum absolute atomic E-state index is 0.154. The van der Waals surface area contributed by atoms with E-state index in [0.29, 0.717) is 5.13 Å². The highest BCUT2D eigenvalue weighted by molar-refractivity contribution is 7.22. The van der Waals surface area contributed by atoms with Gasteiger partial charge in [-0.25, -0.2) is 9.78 Å². The van der Waals surface area contributed by atoms with Gasteiger partial charge in [-0.05, 0) is 32.4 Å². The van der Waals surface area contributed by atoms with Crippen molar-refractivity contribution in [2.75, 3.05) is 19.0 Å². The van der Waals surface area contributed by atoms with Gasteiger partial charge in [-0.3, -0.25) is 10.1 Å². The second-order valence-corrected chi connectivity index (χ2v) is 5.39. The number of ether oxygens (including phenoxy) is 2. The summed E-state index contributed by atoms with van der Waals surface area (Å²) in [5, 5.41) is 2.81. The molecule has 1 aromatic heterocycles. The standard InChI is InChI=1S/C14H16N2O4S/c1-5-20-13(18)12(17)16-14-15-9-6-7(2)10(19-4)8(3)11(9)21-14/h6H,5H2,1-4H3,(H,15,16,17). The van der Waals surface area contributed by atoms with E-state index in [1.54, 1.807) is 14.0 Å². The summed E-state index contributed by atoms with van der Waals surface area (Å²) >= 11 is 1.30. The van der Waals surface area contributed by atoms with E-state index in [1.807, 2.05) is 19.9 Å². The maximum absolute atomic E-state index is 11.6. The van der Waals surface area contributed by atoms with Gasteiger partial charge in [0.25, 0.3) is 0 Å². The highest BCUT2D eigenvalue weighted by Gasteiger charge is 2.18. The van der Waals surface area contributed by atoms with Crippen LogP contribution in [0.5, 0.6) is 5.75 Å². The number of hydrogen-bond donors (Lipinski definition) is 1. The van der Waals surface area contributed by atoms with Gasteiger partial charge in [0.1, 0.15) is 5.75 Å². The van der Waals surface area contributed by atoms with Crippen molar-refractivity contribution in [1.29, 1.82) is 0 Å². The van der Waals surface area contributed by atoms with Gasteiger partial charge >= 0.3 is 11.9 Å². The van der Waals surface area contributed by atoms with Crippen LogP contribution in [-0.2, 0) is 14.3 Å². The number of benzene rings is 1. The number of aryl methyl sites for hydroxylation is 2. The summed E-state index contributed by atoms with van der Waals surface area (Å²) in [6.45, 7) is 5.66. The van der Waals surface area contributed by atoms with Crippen molar-refractivity contribution in [2.45, 2.75) is 20.8 Å². The van der Waals surface area contributed by atoms with Gasteiger partial charge < -0.3 is 9.47 Å². The Labute approximate surface area is 126 Å². The van der Waals surface area contributed by atoms with Gasteiger partial charge in [-0.2, -0.15) is 0 Å². The molecule has 2 rings (SSSR count). The first-order valence-corrected chi connectivity index (χ1v) is 7.22. The maximum Gasteiger partial charge on any atom is 0.397 e.